The predicted octanol–water partition coefficient (Wildman–Crippen LogP) is 0.689. The lowest BCUT2D eigenvalue weighted by atomic mass is 10.1. The van der Waals surface area contributed by atoms with E-state index >= 15 is 0 Å². The van der Waals surface area contributed by atoms with Crippen molar-refractivity contribution in [1.29, 1.82) is 0 Å². The third-order valence-corrected chi connectivity index (χ3v) is 2.18. The quantitative estimate of drug-likeness (QED) is 0.476. The van der Waals surface area contributed by atoms with Gasteiger partial charge in [-0.2, -0.15) is 0 Å². The van der Waals surface area contributed by atoms with Crippen molar-refractivity contribution in [3.8, 4) is 0 Å². The zero-order chi connectivity index (χ0) is 13.0. The lowest BCUT2D eigenvalue weighted by Crippen LogP contribution is -2.25. The van der Waals surface area contributed by atoms with Gasteiger partial charge in [0.1, 0.15) is 0 Å². The van der Waals surface area contributed by atoms with Crippen molar-refractivity contribution < 1.29 is 19.2 Å². The van der Waals surface area contributed by atoms with Gasteiger partial charge in [0, 0.05) is 18.3 Å². The van der Waals surface area contributed by atoms with Crippen molar-refractivity contribution in [2.45, 2.75) is 0 Å². The van der Waals surface area contributed by atoms with Crippen molar-refractivity contribution in [3.05, 3.63) is 29.3 Å². The average molecular weight is 238 g/mol. The molecule has 1 rings (SSSR count). The molecule has 1 aromatic rings. The summed E-state index contributed by atoms with van der Waals surface area (Å²) in [7, 11) is 4.09. The van der Waals surface area contributed by atoms with E-state index in [0.29, 0.717) is 5.69 Å². The first-order valence-corrected chi connectivity index (χ1v) is 4.80. The number of benzene rings is 1. The first-order valence-electron chi connectivity index (χ1n) is 4.80. The van der Waals surface area contributed by atoms with Crippen LogP contribution in [0.3, 0.4) is 0 Å². The fourth-order valence-corrected chi connectivity index (χ4v) is 1.28. The summed E-state index contributed by atoms with van der Waals surface area (Å²) in [6.07, 6.45) is 0. The Morgan fingerprint density at radius 2 is 1.76 bits per heavy atom. The lowest BCUT2D eigenvalue weighted by molar-refractivity contribution is -0.0756. The highest BCUT2D eigenvalue weighted by atomic mass is 16.7. The van der Waals surface area contributed by atoms with Crippen LogP contribution < -0.4 is 5.73 Å². The van der Waals surface area contributed by atoms with E-state index < -0.39 is 11.9 Å². The summed E-state index contributed by atoms with van der Waals surface area (Å²) >= 11 is 0. The Balaban J connectivity index is 3.13. The molecule has 0 aromatic heterocycles. The Bertz CT molecular complexity index is 445. The summed E-state index contributed by atoms with van der Waals surface area (Å²) < 4.78 is 4.56. The fourth-order valence-electron chi connectivity index (χ4n) is 1.28. The molecule has 0 spiro atoms. The molecule has 0 heterocycles. The van der Waals surface area contributed by atoms with Gasteiger partial charge < -0.3 is 10.5 Å². The molecule has 0 aliphatic heterocycles. The number of hydroxylamine groups is 2. The Kier molecular flexibility index (Phi) is 4.06. The van der Waals surface area contributed by atoms with E-state index in [4.69, 9.17) is 10.6 Å². The van der Waals surface area contributed by atoms with Crippen LogP contribution in [0.5, 0.6) is 0 Å². The van der Waals surface area contributed by atoms with Gasteiger partial charge in [-0.3, -0.25) is 9.63 Å². The number of hydrogen-bond donors (Lipinski definition) is 1. The number of rotatable bonds is 3. The Labute approximate surface area is 98.9 Å². The standard InChI is InChI=1S/C11H14N2O4/c1-13(17-3)10(14)7-4-8(11(15)16-2)6-9(12)5-7/h4-6H,12H2,1-3H3. The first kappa shape index (κ1) is 13.0. The molecule has 17 heavy (non-hydrogen) atoms. The van der Waals surface area contributed by atoms with Crippen LogP contribution in [0.4, 0.5) is 5.69 Å². The molecule has 0 bridgehead atoms. The number of carbonyl (C=O) groups is 2. The van der Waals surface area contributed by atoms with Gasteiger partial charge in [-0.15, -0.1) is 0 Å². The van der Waals surface area contributed by atoms with E-state index in [9.17, 15) is 9.59 Å². The Hall–Kier alpha value is -2.08. The molecular formula is C11H14N2O4. The normalized spacial score (nSPS) is 9.82. The number of nitrogens with zero attached hydrogens (tertiary/aromatic N) is 1. The van der Waals surface area contributed by atoms with Crippen molar-refractivity contribution in [2.24, 2.45) is 0 Å². The van der Waals surface area contributed by atoms with E-state index in [2.05, 4.69) is 4.74 Å². The minimum absolute atomic E-state index is 0.223. The number of hydrogen-bond acceptors (Lipinski definition) is 5. The number of esters is 1. The topological polar surface area (TPSA) is 81.9 Å². The zero-order valence-electron chi connectivity index (χ0n) is 9.89. The Morgan fingerprint density at radius 1 is 1.18 bits per heavy atom. The molecule has 92 valence electrons. The van der Waals surface area contributed by atoms with E-state index in [-0.39, 0.29) is 11.1 Å². The van der Waals surface area contributed by atoms with E-state index in [1.807, 2.05) is 0 Å². The molecule has 0 saturated heterocycles. The highest BCUT2D eigenvalue weighted by Crippen LogP contribution is 2.14. The highest BCUT2D eigenvalue weighted by Gasteiger charge is 2.15. The van der Waals surface area contributed by atoms with Gasteiger partial charge in [-0.1, -0.05) is 0 Å². The second kappa shape index (κ2) is 5.31. The maximum Gasteiger partial charge on any atom is 0.337 e. The van der Waals surface area contributed by atoms with Crippen molar-refractivity contribution in [2.75, 3.05) is 27.0 Å². The van der Waals surface area contributed by atoms with E-state index in [1.165, 1.54) is 39.5 Å². The van der Waals surface area contributed by atoms with Gasteiger partial charge >= 0.3 is 5.97 Å². The molecule has 0 aliphatic rings. The lowest BCUT2D eigenvalue weighted by Gasteiger charge is -2.14. The van der Waals surface area contributed by atoms with E-state index in [1.54, 1.807) is 0 Å². The van der Waals surface area contributed by atoms with Crippen LogP contribution in [0.1, 0.15) is 20.7 Å². The molecule has 6 nitrogen and oxygen atoms in total. The Morgan fingerprint density at radius 3 is 2.29 bits per heavy atom. The van der Waals surface area contributed by atoms with Crippen LogP contribution in [-0.4, -0.2) is 38.2 Å². The molecule has 6 heteroatoms. The fraction of sp³-hybridized carbons (Fsp3) is 0.273. The number of amides is 1. The summed E-state index contributed by atoms with van der Waals surface area (Å²) in [6.45, 7) is 0. The average Bonchev–Trinajstić information content (AvgIpc) is 2.35. The minimum Gasteiger partial charge on any atom is -0.465 e. The third-order valence-electron chi connectivity index (χ3n) is 2.18. The summed E-state index contributed by atoms with van der Waals surface area (Å²) in [6, 6.07) is 4.31. The van der Waals surface area contributed by atoms with Crippen LogP contribution in [-0.2, 0) is 9.57 Å². The largest absolute Gasteiger partial charge is 0.465 e. The van der Waals surface area contributed by atoms with Crippen LogP contribution in [0.2, 0.25) is 0 Å². The van der Waals surface area contributed by atoms with Crippen molar-refractivity contribution >= 4 is 17.6 Å². The molecule has 0 unspecified atom stereocenters. The van der Waals surface area contributed by atoms with Crippen LogP contribution in [0.25, 0.3) is 0 Å². The van der Waals surface area contributed by atoms with Crippen LogP contribution >= 0.6 is 0 Å². The maximum absolute atomic E-state index is 11.8. The molecular weight excluding hydrogens is 224 g/mol. The van der Waals surface area contributed by atoms with E-state index in [0.717, 1.165) is 5.06 Å². The molecule has 1 aromatic carbocycles. The molecule has 2 N–H and O–H groups in total. The van der Waals surface area contributed by atoms with Gasteiger partial charge in [0.2, 0.25) is 0 Å². The molecule has 0 atom stereocenters. The number of anilines is 1. The number of nitrogens with two attached hydrogens (primary N) is 1. The van der Waals surface area contributed by atoms with Gasteiger partial charge in [0.25, 0.3) is 5.91 Å². The van der Waals surface area contributed by atoms with Gasteiger partial charge in [-0.05, 0) is 18.2 Å². The maximum atomic E-state index is 11.8. The smallest absolute Gasteiger partial charge is 0.337 e. The zero-order valence-corrected chi connectivity index (χ0v) is 9.89. The molecule has 0 saturated carbocycles. The van der Waals surface area contributed by atoms with Crippen molar-refractivity contribution in [1.82, 2.24) is 5.06 Å². The number of nitrogen functional groups attached to an aromatic ring is 1. The minimum atomic E-state index is -0.550. The SMILES string of the molecule is COC(=O)c1cc(N)cc(C(=O)N(C)OC)c1. The summed E-state index contributed by atoms with van der Waals surface area (Å²) in [4.78, 5) is 27.9. The summed E-state index contributed by atoms with van der Waals surface area (Å²) in [5.41, 5.74) is 6.40. The predicted molar refractivity (Wildman–Crippen MR) is 61.3 cm³/mol. The monoisotopic (exact) mass is 238 g/mol. The van der Waals surface area contributed by atoms with Gasteiger partial charge in [-0.25, -0.2) is 9.86 Å². The van der Waals surface area contributed by atoms with Gasteiger partial charge in [0.05, 0.1) is 19.8 Å². The van der Waals surface area contributed by atoms with Crippen LogP contribution in [0, 0.1) is 0 Å². The molecule has 0 fully saturated rings. The highest BCUT2D eigenvalue weighted by molar-refractivity contribution is 5.98. The first-order chi connectivity index (χ1) is 7.99. The van der Waals surface area contributed by atoms with Gasteiger partial charge in [0.15, 0.2) is 0 Å². The van der Waals surface area contributed by atoms with Crippen LogP contribution in [0.15, 0.2) is 18.2 Å². The van der Waals surface area contributed by atoms with Crippen molar-refractivity contribution in [3.63, 3.8) is 0 Å². The second-order valence-electron chi connectivity index (χ2n) is 3.32. The number of ether oxygens (including phenoxy) is 1. The second-order valence-corrected chi connectivity index (χ2v) is 3.32. The molecule has 0 radical (unpaired) electrons. The summed E-state index contributed by atoms with van der Waals surface area (Å²) in [5, 5.41) is 1.04. The number of methoxy groups -OCH3 is 1. The third kappa shape index (κ3) is 2.94. The molecule has 0 aliphatic carbocycles. The molecule has 1 amide bonds. The summed E-state index contributed by atoms with van der Waals surface area (Å²) in [5.74, 6) is -0.948. The number of carbonyl (C=O) groups excluding carboxylic acids is 2.